The van der Waals surface area contributed by atoms with E-state index >= 15 is 0 Å². The van der Waals surface area contributed by atoms with Gasteiger partial charge in [0.2, 0.25) is 10.0 Å². The van der Waals surface area contributed by atoms with Crippen LogP contribution in [0.15, 0.2) is 23.1 Å². The lowest BCUT2D eigenvalue weighted by molar-refractivity contribution is -0.125. The third-order valence-electron chi connectivity index (χ3n) is 4.30. The van der Waals surface area contributed by atoms with Crippen LogP contribution in [0.1, 0.15) is 30.1 Å². The maximum atomic E-state index is 12.2. The minimum Gasteiger partial charge on any atom is -0.452 e. The number of esters is 1. The molecule has 1 N–H and O–H groups in total. The summed E-state index contributed by atoms with van der Waals surface area (Å²) in [6.07, 6.45) is 1.71. The van der Waals surface area contributed by atoms with Crippen LogP contribution in [-0.4, -0.2) is 50.8 Å². The molecule has 0 aliphatic heterocycles. The van der Waals surface area contributed by atoms with E-state index < -0.39 is 34.0 Å². The van der Waals surface area contributed by atoms with Gasteiger partial charge in [0, 0.05) is 14.1 Å². The van der Waals surface area contributed by atoms with Gasteiger partial charge in [-0.1, -0.05) is 11.6 Å². The maximum absolute atomic E-state index is 12.2. The van der Waals surface area contributed by atoms with Gasteiger partial charge in [0.25, 0.3) is 5.91 Å². The fourth-order valence-corrected chi connectivity index (χ4v) is 3.57. The van der Waals surface area contributed by atoms with Gasteiger partial charge in [0.1, 0.15) is 5.54 Å². The van der Waals surface area contributed by atoms with Crippen molar-refractivity contribution in [3.63, 3.8) is 0 Å². The molecule has 10 heteroatoms. The Morgan fingerprint density at radius 1 is 1.41 bits per heavy atom. The molecule has 0 radical (unpaired) electrons. The fraction of sp³-hybridized carbons (Fsp3) is 0.471. The second kappa shape index (κ2) is 7.84. The molecule has 146 valence electrons. The van der Waals surface area contributed by atoms with Crippen molar-refractivity contribution in [2.24, 2.45) is 5.92 Å². The van der Waals surface area contributed by atoms with E-state index in [1.807, 2.05) is 0 Å². The predicted molar refractivity (Wildman–Crippen MR) is 97.5 cm³/mol. The monoisotopic (exact) mass is 413 g/mol. The fourth-order valence-electron chi connectivity index (χ4n) is 2.45. The van der Waals surface area contributed by atoms with E-state index in [-0.39, 0.29) is 21.4 Å². The molecule has 0 saturated heterocycles. The Balaban J connectivity index is 2.08. The second-order valence-corrected chi connectivity index (χ2v) is 9.20. The van der Waals surface area contributed by atoms with Crippen LogP contribution in [0.25, 0.3) is 0 Å². The van der Waals surface area contributed by atoms with Gasteiger partial charge in [0.15, 0.2) is 6.61 Å². The van der Waals surface area contributed by atoms with Crippen molar-refractivity contribution < 1.29 is 22.7 Å². The molecule has 1 fully saturated rings. The average molecular weight is 414 g/mol. The molecular formula is C17H20ClN3O5S. The summed E-state index contributed by atoms with van der Waals surface area (Å²) >= 11 is 5.96. The lowest BCUT2D eigenvalue weighted by Gasteiger charge is -2.22. The lowest BCUT2D eigenvalue weighted by atomic mass is 9.98. The van der Waals surface area contributed by atoms with Crippen LogP contribution < -0.4 is 5.32 Å². The van der Waals surface area contributed by atoms with Gasteiger partial charge < -0.3 is 10.1 Å². The first-order valence-corrected chi connectivity index (χ1v) is 9.94. The molecular weight excluding hydrogens is 394 g/mol. The van der Waals surface area contributed by atoms with E-state index in [0.29, 0.717) is 0 Å². The molecule has 0 aromatic heterocycles. The standard InChI is InChI=1S/C17H20ClN3O5S/c1-17(10-19,11-4-5-11)20-15(22)9-26-16(23)13-8-12(6-7-14(13)18)27(24,25)21(2)3/h6-8,11H,4-5,9H2,1-3H3,(H,20,22)/t17-/m1/s1. The van der Waals surface area contributed by atoms with Crippen LogP contribution in [-0.2, 0) is 19.6 Å². The summed E-state index contributed by atoms with van der Waals surface area (Å²) in [7, 11) is -1.04. The smallest absolute Gasteiger partial charge is 0.340 e. The van der Waals surface area contributed by atoms with E-state index in [2.05, 4.69) is 11.4 Å². The summed E-state index contributed by atoms with van der Waals surface area (Å²) in [4.78, 5) is 24.1. The van der Waals surface area contributed by atoms with Crippen molar-refractivity contribution in [3.8, 4) is 6.07 Å². The summed E-state index contributed by atoms with van der Waals surface area (Å²) in [5, 5.41) is 11.8. The topological polar surface area (TPSA) is 117 Å². The zero-order valence-corrected chi connectivity index (χ0v) is 16.7. The summed E-state index contributed by atoms with van der Waals surface area (Å²) in [6, 6.07) is 5.71. The van der Waals surface area contributed by atoms with Gasteiger partial charge in [-0.15, -0.1) is 0 Å². The Bertz CT molecular complexity index is 906. The predicted octanol–water partition coefficient (Wildman–Crippen LogP) is 1.56. The van der Waals surface area contributed by atoms with Gasteiger partial charge in [0.05, 0.1) is 21.6 Å². The highest BCUT2D eigenvalue weighted by Crippen LogP contribution is 2.39. The SMILES string of the molecule is CN(C)S(=O)(=O)c1ccc(Cl)c(C(=O)OCC(=O)N[C@](C)(C#N)C2CC2)c1. The summed E-state index contributed by atoms with van der Waals surface area (Å²) in [6.45, 7) is 1.01. The Kier molecular flexibility index (Phi) is 6.14. The highest BCUT2D eigenvalue weighted by atomic mass is 35.5. The highest BCUT2D eigenvalue weighted by molar-refractivity contribution is 7.89. The Morgan fingerprint density at radius 3 is 2.56 bits per heavy atom. The Morgan fingerprint density at radius 2 is 2.04 bits per heavy atom. The summed E-state index contributed by atoms with van der Waals surface area (Å²) in [5.74, 6) is -1.46. The summed E-state index contributed by atoms with van der Waals surface area (Å²) < 4.78 is 30.3. The first-order valence-electron chi connectivity index (χ1n) is 8.12. The number of nitriles is 1. The average Bonchev–Trinajstić information content (AvgIpc) is 3.45. The number of carbonyl (C=O) groups is 2. The number of nitrogens with one attached hydrogen (secondary N) is 1. The van der Waals surface area contributed by atoms with Crippen LogP contribution in [0.5, 0.6) is 0 Å². The van der Waals surface area contributed by atoms with E-state index in [1.54, 1.807) is 6.92 Å². The largest absolute Gasteiger partial charge is 0.452 e. The molecule has 2 rings (SSSR count). The summed E-state index contributed by atoms with van der Waals surface area (Å²) in [5.41, 5.74) is -1.17. The normalized spacial score (nSPS) is 16.3. The van der Waals surface area contributed by atoms with Gasteiger partial charge >= 0.3 is 5.97 Å². The number of carbonyl (C=O) groups excluding carboxylic acids is 2. The molecule has 0 bridgehead atoms. The number of ether oxygens (including phenoxy) is 1. The van der Waals surface area contributed by atoms with Crippen molar-refractivity contribution in [1.82, 2.24) is 9.62 Å². The first-order chi connectivity index (χ1) is 12.5. The molecule has 0 unspecified atom stereocenters. The number of hydrogen-bond donors (Lipinski definition) is 1. The van der Waals surface area contributed by atoms with Gasteiger partial charge in [-0.25, -0.2) is 17.5 Å². The number of nitrogens with zero attached hydrogens (tertiary/aromatic N) is 2. The molecule has 1 aliphatic carbocycles. The van der Waals surface area contributed by atoms with Crippen molar-refractivity contribution in [2.45, 2.75) is 30.2 Å². The number of sulfonamides is 1. The Labute approximate surface area is 163 Å². The quantitative estimate of drug-likeness (QED) is 0.678. The highest BCUT2D eigenvalue weighted by Gasteiger charge is 2.43. The minimum atomic E-state index is -3.76. The van der Waals surface area contributed by atoms with Crippen molar-refractivity contribution in [2.75, 3.05) is 20.7 Å². The van der Waals surface area contributed by atoms with E-state index in [9.17, 15) is 23.3 Å². The third kappa shape index (κ3) is 4.77. The first kappa shape index (κ1) is 21.2. The molecule has 0 spiro atoms. The van der Waals surface area contributed by atoms with Crippen LogP contribution in [0.3, 0.4) is 0 Å². The minimum absolute atomic E-state index is 0.00189. The number of benzene rings is 1. The molecule has 1 saturated carbocycles. The van der Waals surface area contributed by atoms with Crippen LogP contribution in [0, 0.1) is 17.2 Å². The van der Waals surface area contributed by atoms with Gasteiger partial charge in [-0.2, -0.15) is 5.26 Å². The third-order valence-corrected chi connectivity index (χ3v) is 6.44. The number of hydrogen-bond acceptors (Lipinski definition) is 6. The van der Waals surface area contributed by atoms with E-state index in [1.165, 1.54) is 26.2 Å². The zero-order chi connectivity index (χ0) is 20.4. The number of amides is 1. The molecule has 1 aromatic rings. The van der Waals surface area contributed by atoms with Crippen molar-refractivity contribution in [3.05, 3.63) is 28.8 Å². The van der Waals surface area contributed by atoms with Crippen molar-refractivity contribution >= 4 is 33.5 Å². The molecule has 1 atom stereocenters. The van der Waals surface area contributed by atoms with Gasteiger partial charge in [-0.05, 0) is 43.9 Å². The zero-order valence-electron chi connectivity index (χ0n) is 15.2. The van der Waals surface area contributed by atoms with Crippen LogP contribution in [0.4, 0.5) is 0 Å². The van der Waals surface area contributed by atoms with E-state index in [4.69, 9.17) is 16.3 Å². The van der Waals surface area contributed by atoms with Gasteiger partial charge in [-0.3, -0.25) is 4.79 Å². The molecule has 1 aliphatic rings. The van der Waals surface area contributed by atoms with E-state index in [0.717, 1.165) is 23.2 Å². The molecule has 1 aromatic carbocycles. The van der Waals surface area contributed by atoms with Crippen LogP contribution in [0.2, 0.25) is 5.02 Å². The molecule has 27 heavy (non-hydrogen) atoms. The molecule has 1 amide bonds. The second-order valence-electron chi connectivity index (χ2n) is 6.64. The maximum Gasteiger partial charge on any atom is 0.340 e. The lowest BCUT2D eigenvalue weighted by Crippen LogP contribution is -2.48. The molecule has 0 heterocycles. The van der Waals surface area contributed by atoms with Crippen LogP contribution >= 0.6 is 11.6 Å². The number of rotatable bonds is 7. The van der Waals surface area contributed by atoms with Crippen molar-refractivity contribution in [1.29, 1.82) is 5.26 Å². The number of halogens is 1. The molecule has 8 nitrogen and oxygen atoms in total. The Hall–Kier alpha value is -2.15.